The molecule has 1 aliphatic heterocycles. The second-order valence-corrected chi connectivity index (χ2v) is 6.76. The van der Waals surface area contributed by atoms with Gasteiger partial charge in [0, 0.05) is 24.5 Å². The maximum atomic E-state index is 11.5. The van der Waals surface area contributed by atoms with E-state index in [0.717, 1.165) is 28.9 Å². The minimum absolute atomic E-state index is 0.0428. The molecule has 4 heteroatoms. The number of carbonyl (C=O) groups is 1. The molecule has 1 amide bonds. The Morgan fingerprint density at radius 2 is 2.00 bits per heavy atom. The summed E-state index contributed by atoms with van der Waals surface area (Å²) in [6.45, 7) is 10.3. The molecule has 0 aromatic heterocycles. The van der Waals surface area contributed by atoms with Crippen LogP contribution in [0.3, 0.4) is 0 Å². The number of fused-ring (bicyclic) bond motifs is 1. The van der Waals surface area contributed by atoms with Gasteiger partial charge in [-0.15, -0.1) is 0 Å². The number of rotatable bonds is 4. The number of aliphatic hydroxyl groups is 1. The van der Waals surface area contributed by atoms with Crippen molar-refractivity contribution in [3.05, 3.63) is 28.8 Å². The van der Waals surface area contributed by atoms with Crippen LogP contribution in [0.2, 0.25) is 0 Å². The molecule has 0 saturated carbocycles. The van der Waals surface area contributed by atoms with Crippen molar-refractivity contribution >= 4 is 5.91 Å². The van der Waals surface area contributed by atoms with Crippen LogP contribution < -0.4 is 10.1 Å². The van der Waals surface area contributed by atoms with Gasteiger partial charge >= 0.3 is 0 Å². The number of nitrogens with one attached hydrogen (secondary N) is 1. The standard InChI is InChI=1S/C18H27NO3/c1-10(2)13-8-14-16(19-12(5)20)6-7-22-18(14)15(9-13)17(21)11(3)4/h8-11,16-17,21H,6-7H2,1-5H3,(H,19,20). The Bertz CT molecular complexity index is 552. The first-order chi connectivity index (χ1) is 10.3. The molecule has 2 atom stereocenters. The van der Waals surface area contributed by atoms with Gasteiger partial charge in [-0.2, -0.15) is 0 Å². The average Bonchev–Trinajstić information content (AvgIpc) is 2.45. The monoisotopic (exact) mass is 305 g/mol. The summed E-state index contributed by atoms with van der Waals surface area (Å²) in [5, 5.41) is 13.6. The van der Waals surface area contributed by atoms with E-state index in [-0.39, 0.29) is 17.9 Å². The average molecular weight is 305 g/mol. The highest BCUT2D eigenvalue weighted by atomic mass is 16.5. The van der Waals surface area contributed by atoms with Crippen molar-refractivity contribution < 1.29 is 14.6 Å². The van der Waals surface area contributed by atoms with Crippen LogP contribution in [-0.2, 0) is 4.79 Å². The van der Waals surface area contributed by atoms with Crippen molar-refractivity contribution in [2.45, 2.75) is 59.1 Å². The normalized spacial score (nSPS) is 18.8. The molecule has 1 aromatic rings. The van der Waals surface area contributed by atoms with Crippen molar-refractivity contribution in [3.8, 4) is 5.75 Å². The number of hydrogen-bond acceptors (Lipinski definition) is 3. The number of benzene rings is 1. The van der Waals surface area contributed by atoms with Crippen LogP contribution in [0.4, 0.5) is 0 Å². The van der Waals surface area contributed by atoms with Gasteiger partial charge in [-0.3, -0.25) is 4.79 Å². The van der Waals surface area contributed by atoms with Crippen LogP contribution in [0, 0.1) is 5.92 Å². The smallest absolute Gasteiger partial charge is 0.217 e. The van der Waals surface area contributed by atoms with Gasteiger partial charge in [-0.05, 0) is 29.5 Å². The predicted molar refractivity (Wildman–Crippen MR) is 87.0 cm³/mol. The summed E-state index contributed by atoms with van der Waals surface area (Å²) in [4.78, 5) is 11.5. The molecule has 1 heterocycles. The van der Waals surface area contributed by atoms with Crippen molar-refractivity contribution in [1.82, 2.24) is 5.32 Å². The number of ether oxygens (including phenoxy) is 1. The van der Waals surface area contributed by atoms with E-state index in [1.807, 2.05) is 19.9 Å². The predicted octanol–water partition coefficient (Wildman–Crippen LogP) is 3.46. The molecule has 0 fully saturated rings. The minimum Gasteiger partial charge on any atom is -0.493 e. The van der Waals surface area contributed by atoms with Gasteiger partial charge in [0.05, 0.1) is 18.8 Å². The lowest BCUT2D eigenvalue weighted by atomic mass is 9.87. The van der Waals surface area contributed by atoms with Crippen LogP contribution in [0.15, 0.2) is 12.1 Å². The Hall–Kier alpha value is -1.55. The Labute approximate surface area is 132 Å². The third-order valence-electron chi connectivity index (χ3n) is 4.19. The van der Waals surface area contributed by atoms with E-state index >= 15 is 0 Å². The molecule has 122 valence electrons. The molecule has 0 radical (unpaired) electrons. The maximum Gasteiger partial charge on any atom is 0.217 e. The highest BCUT2D eigenvalue weighted by Gasteiger charge is 2.29. The van der Waals surface area contributed by atoms with Crippen LogP contribution >= 0.6 is 0 Å². The van der Waals surface area contributed by atoms with Crippen molar-refractivity contribution in [1.29, 1.82) is 0 Å². The molecule has 2 rings (SSSR count). The Balaban J connectivity index is 2.55. The molecule has 1 aromatic carbocycles. The Morgan fingerprint density at radius 3 is 2.55 bits per heavy atom. The second-order valence-electron chi connectivity index (χ2n) is 6.76. The zero-order chi connectivity index (χ0) is 16.4. The lowest BCUT2D eigenvalue weighted by Gasteiger charge is -2.31. The topological polar surface area (TPSA) is 58.6 Å². The van der Waals surface area contributed by atoms with Gasteiger partial charge in [0.15, 0.2) is 0 Å². The summed E-state index contributed by atoms with van der Waals surface area (Å²) < 4.78 is 5.86. The van der Waals surface area contributed by atoms with E-state index in [2.05, 4.69) is 25.2 Å². The highest BCUT2D eigenvalue weighted by molar-refractivity contribution is 5.73. The third kappa shape index (κ3) is 3.43. The first-order valence-corrected chi connectivity index (χ1v) is 8.07. The van der Waals surface area contributed by atoms with E-state index in [1.54, 1.807) is 0 Å². The van der Waals surface area contributed by atoms with Gasteiger partial charge in [0.1, 0.15) is 5.75 Å². The van der Waals surface area contributed by atoms with Crippen LogP contribution in [0.25, 0.3) is 0 Å². The zero-order valence-corrected chi connectivity index (χ0v) is 14.1. The summed E-state index contributed by atoms with van der Waals surface area (Å²) >= 11 is 0. The first-order valence-electron chi connectivity index (χ1n) is 8.07. The lowest BCUT2D eigenvalue weighted by Crippen LogP contribution is -2.31. The minimum atomic E-state index is -0.566. The van der Waals surface area contributed by atoms with E-state index in [9.17, 15) is 9.90 Å². The highest BCUT2D eigenvalue weighted by Crippen LogP contribution is 2.41. The summed E-state index contributed by atoms with van der Waals surface area (Å²) in [5.74, 6) is 1.16. The number of amides is 1. The number of hydrogen-bond donors (Lipinski definition) is 2. The van der Waals surface area contributed by atoms with Gasteiger partial charge in [-0.25, -0.2) is 0 Å². The summed E-state index contributed by atoms with van der Waals surface area (Å²) in [6.07, 6.45) is 0.189. The van der Waals surface area contributed by atoms with E-state index in [4.69, 9.17) is 4.74 Å². The van der Waals surface area contributed by atoms with E-state index < -0.39 is 6.10 Å². The fourth-order valence-electron chi connectivity index (χ4n) is 2.87. The quantitative estimate of drug-likeness (QED) is 0.895. The van der Waals surface area contributed by atoms with Gasteiger partial charge in [0.2, 0.25) is 5.91 Å². The fourth-order valence-corrected chi connectivity index (χ4v) is 2.87. The van der Waals surface area contributed by atoms with Crippen molar-refractivity contribution in [3.63, 3.8) is 0 Å². The summed E-state index contributed by atoms with van der Waals surface area (Å²) in [5.41, 5.74) is 2.99. The molecule has 0 aliphatic carbocycles. The van der Waals surface area contributed by atoms with E-state index in [0.29, 0.717) is 12.5 Å². The van der Waals surface area contributed by atoms with E-state index in [1.165, 1.54) is 6.92 Å². The van der Waals surface area contributed by atoms with Crippen molar-refractivity contribution in [2.24, 2.45) is 5.92 Å². The molecular weight excluding hydrogens is 278 g/mol. The summed E-state index contributed by atoms with van der Waals surface area (Å²) in [7, 11) is 0. The van der Waals surface area contributed by atoms with Gasteiger partial charge < -0.3 is 15.2 Å². The molecule has 4 nitrogen and oxygen atoms in total. The zero-order valence-electron chi connectivity index (χ0n) is 14.1. The Kier molecular flexibility index (Phi) is 5.12. The molecule has 1 aliphatic rings. The SMILES string of the molecule is CC(=O)NC1CCOc2c1cc(C(C)C)cc2C(O)C(C)C. The largest absolute Gasteiger partial charge is 0.493 e. The van der Waals surface area contributed by atoms with Crippen LogP contribution in [-0.4, -0.2) is 17.6 Å². The molecule has 0 saturated heterocycles. The van der Waals surface area contributed by atoms with Gasteiger partial charge in [-0.1, -0.05) is 27.7 Å². The molecule has 0 spiro atoms. The van der Waals surface area contributed by atoms with Crippen LogP contribution in [0.1, 0.15) is 75.8 Å². The molecule has 22 heavy (non-hydrogen) atoms. The third-order valence-corrected chi connectivity index (χ3v) is 4.19. The van der Waals surface area contributed by atoms with Gasteiger partial charge in [0.25, 0.3) is 0 Å². The Morgan fingerprint density at radius 1 is 1.32 bits per heavy atom. The number of aliphatic hydroxyl groups excluding tert-OH is 1. The van der Waals surface area contributed by atoms with Crippen molar-refractivity contribution in [2.75, 3.05) is 6.61 Å². The lowest BCUT2D eigenvalue weighted by molar-refractivity contribution is -0.119. The van der Waals surface area contributed by atoms with Crippen LogP contribution in [0.5, 0.6) is 5.75 Å². The molecule has 0 bridgehead atoms. The number of carbonyl (C=O) groups excluding carboxylic acids is 1. The molecule has 2 unspecified atom stereocenters. The fraction of sp³-hybridized carbons (Fsp3) is 0.611. The summed E-state index contributed by atoms with van der Waals surface area (Å²) in [6, 6.07) is 4.11. The molecule has 2 N–H and O–H groups in total. The first kappa shape index (κ1) is 16.8. The maximum absolute atomic E-state index is 11.5. The molecular formula is C18H27NO3. The second kappa shape index (κ2) is 6.69.